The fourth-order valence-corrected chi connectivity index (χ4v) is 2.71. The quantitative estimate of drug-likeness (QED) is 0.880. The van der Waals surface area contributed by atoms with Gasteiger partial charge in [-0.05, 0) is 37.6 Å². The molecular weight excluding hydrogens is 321 g/mol. The molecule has 0 atom stereocenters. The molecular formula is C16H19ClFN3O2. The smallest absolute Gasteiger partial charge is 0.258 e. The molecule has 0 aliphatic rings. The number of aromatic nitrogens is 2. The molecule has 0 saturated carbocycles. The minimum absolute atomic E-state index is 0.117. The molecule has 0 radical (unpaired) electrons. The third kappa shape index (κ3) is 3.71. The number of carbonyl (C=O) groups is 1. The van der Waals surface area contributed by atoms with Gasteiger partial charge in [-0.25, -0.2) is 9.07 Å². The van der Waals surface area contributed by atoms with E-state index in [1.165, 1.54) is 16.8 Å². The Morgan fingerprint density at radius 3 is 2.57 bits per heavy atom. The van der Waals surface area contributed by atoms with Crippen molar-refractivity contribution in [2.75, 3.05) is 19.7 Å². The van der Waals surface area contributed by atoms with Gasteiger partial charge in [0, 0.05) is 13.1 Å². The number of hydrogen-bond acceptors (Lipinski definition) is 3. The first-order valence-electron chi connectivity index (χ1n) is 7.40. The molecule has 0 aliphatic carbocycles. The highest BCUT2D eigenvalue weighted by atomic mass is 35.5. The molecule has 124 valence electrons. The predicted octanol–water partition coefficient (Wildman–Crippen LogP) is 2.82. The maximum Gasteiger partial charge on any atom is 0.258 e. The van der Waals surface area contributed by atoms with Crippen LogP contribution in [0.5, 0.6) is 0 Å². The van der Waals surface area contributed by atoms with Crippen LogP contribution in [0.25, 0.3) is 5.69 Å². The number of aliphatic hydroxyl groups excluding tert-OH is 1. The summed E-state index contributed by atoms with van der Waals surface area (Å²) < 4.78 is 14.5. The van der Waals surface area contributed by atoms with Crippen molar-refractivity contribution in [1.29, 1.82) is 0 Å². The fourth-order valence-electron chi connectivity index (χ4n) is 2.36. The Labute approximate surface area is 139 Å². The van der Waals surface area contributed by atoms with Crippen LogP contribution in [-0.2, 0) is 0 Å². The number of carbonyl (C=O) groups excluding carboxylic acids is 1. The number of halogens is 2. The first kappa shape index (κ1) is 17.4. The monoisotopic (exact) mass is 339 g/mol. The summed E-state index contributed by atoms with van der Waals surface area (Å²) in [5.41, 5.74) is 1.36. The number of benzene rings is 1. The molecule has 1 heterocycles. The summed E-state index contributed by atoms with van der Waals surface area (Å²) in [5, 5.41) is 13.6. The summed E-state index contributed by atoms with van der Waals surface area (Å²) in [7, 11) is 0. The summed E-state index contributed by atoms with van der Waals surface area (Å²) in [6.45, 7) is 4.30. The molecule has 0 bridgehead atoms. The Morgan fingerprint density at radius 2 is 2.00 bits per heavy atom. The number of amides is 1. The van der Waals surface area contributed by atoms with Crippen molar-refractivity contribution in [3.8, 4) is 5.69 Å². The lowest BCUT2D eigenvalue weighted by Gasteiger charge is -2.20. The van der Waals surface area contributed by atoms with Crippen LogP contribution in [0.1, 0.15) is 29.4 Å². The van der Waals surface area contributed by atoms with Crippen molar-refractivity contribution >= 4 is 17.5 Å². The molecule has 5 nitrogen and oxygen atoms in total. The van der Waals surface area contributed by atoms with Gasteiger partial charge in [0.05, 0.1) is 23.6 Å². The molecule has 0 fully saturated rings. The van der Waals surface area contributed by atoms with Crippen LogP contribution in [0, 0.1) is 12.7 Å². The third-order valence-corrected chi connectivity index (χ3v) is 3.79. The van der Waals surface area contributed by atoms with E-state index in [-0.39, 0.29) is 30.0 Å². The van der Waals surface area contributed by atoms with Crippen molar-refractivity contribution in [3.63, 3.8) is 0 Å². The number of rotatable bonds is 6. The second-order valence-corrected chi connectivity index (χ2v) is 5.51. The molecule has 1 amide bonds. The van der Waals surface area contributed by atoms with Gasteiger partial charge in [-0.15, -0.1) is 0 Å². The summed E-state index contributed by atoms with van der Waals surface area (Å²) in [5.74, 6) is -0.626. The zero-order valence-electron chi connectivity index (χ0n) is 13.1. The van der Waals surface area contributed by atoms with E-state index in [0.29, 0.717) is 23.5 Å². The zero-order valence-corrected chi connectivity index (χ0v) is 13.8. The van der Waals surface area contributed by atoms with Crippen molar-refractivity contribution < 1.29 is 14.3 Å². The summed E-state index contributed by atoms with van der Waals surface area (Å²) in [6, 6.07) is 5.69. The van der Waals surface area contributed by atoms with Crippen molar-refractivity contribution in [1.82, 2.24) is 14.7 Å². The van der Waals surface area contributed by atoms with E-state index in [4.69, 9.17) is 16.7 Å². The van der Waals surface area contributed by atoms with Gasteiger partial charge in [-0.1, -0.05) is 18.5 Å². The predicted molar refractivity (Wildman–Crippen MR) is 86.5 cm³/mol. The molecule has 0 saturated heterocycles. The van der Waals surface area contributed by atoms with Crippen molar-refractivity contribution in [3.05, 3.63) is 46.5 Å². The summed E-state index contributed by atoms with van der Waals surface area (Å²) in [4.78, 5) is 14.2. The van der Waals surface area contributed by atoms with Crippen LogP contribution in [0.2, 0.25) is 5.15 Å². The molecule has 0 aliphatic heterocycles. The van der Waals surface area contributed by atoms with Crippen LogP contribution in [0.4, 0.5) is 4.39 Å². The highest BCUT2D eigenvalue weighted by Gasteiger charge is 2.25. The lowest BCUT2D eigenvalue weighted by Crippen LogP contribution is -2.34. The second-order valence-electron chi connectivity index (χ2n) is 5.16. The van der Waals surface area contributed by atoms with E-state index in [9.17, 15) is 9.18 Å². The number of nitrogens with zero attached hydrogens (tertiary/aromatic N) is 3. The molecule has 0 unspecified atom stereocenters. The van der Waals surface area contributed by atoms with E-state index >= 15 is 0 Å². The lowest BCUT2D eigenvalue weighted by atomic mass is 10.2. The van der Waals surface area contributed by atoms with Crippen LogP contribution < -0.4 is 0 Å². The molecule has 23 heavy (non-hydrogen) atoms. The Bertz CT molecular complexity index is 679. The first-order chi connectivity index (χ1) is 11.0. The van der Waals surface area contributed by atoms with Gasteiger partial charge in [0.25, 0.3) is 5.91 Å². The SMILES string of the molecule is CCCN(CCO)C(=O)c1c(C)nn(-c2ccc(F)cc2)c1Cl. The molecule has 1 aromatic heterocycles. The number of aliphatic hydroxyl groups is 1. The number of aryl methyl sites for hydroxylation is 1. The normalized spacial score (nSPS) is 10.8. The molecule has 1 aromatic carbocycles. The van der Waals surface area contributed by atoms with Crippen LogP contribution in [0.15, 0.2) is 24.3 Å². The molecule has 2 rings (SSSR count). The largest absolute Gasteiger partial charge is 0.395 e. The van der Waals surface area contributed by atoms with E-state index < -0.39 is 0 Å². The van der Waals surface area contributed by atoms with Gasteiger partial charge >= 0.3 is 0 Å². The molecule has 2 aromatic rings. The van der Waals surface area contributed by atoms with Crippen LogP contribution in [-0.4, -0.2) is 45.4 Å². The van der Waals surface area contributed by atoms with Crippen molar-refractivity contribution in [2.45, 2.75) is 20.3 Å². The molecule has 7 heteroatoms. The fraction of sp³-hybridized carbons (Fsp3) is 0.375. The Balaban J connectivity index is 2.40. The van der Waals surface area contributed by atoms with E-state index in [0.717, 1.165) is 6.42 Å². The molecule has 0 spiro atoms. The van der Waals surface area contributed by atoms with Gasteiger partial charge in [-0.2, -0.15) is 5.10 Å². The Morgan fingerprint density at radius 1 is 1.35 bits per heavy atom. The minimum Gasteiger partial charge on any atom is -0.395 e. The summed E-state index contributed by atoms with van der Waals surface area (Å²) >= 11 is 6.34. The van der Waals surface area contributed by atoms with E-state index in [1.807, 2.05) is 6.92 Å². The minimum atomic E-state index is -0.359. The Hall–Kier alpha value is -1.92. The maximum absolute atomic E-state index is 13.0. The van der Waals surface area contributed by atoms with Crippen molar-refractivity contribution in [2.24, 2.45) is 0 Å². The Kier molecular flexibility index (Phi) is 5.74. The maximum atomic E-state index is 13.0. The zero-order chi connectivity index (χ0) is 17.0. The third-order valence-electron chi connectivity index (χ3n) is 3.44. The van der Waals surface area contributed by atoms with Crippen LogP contribution >= 0.6 is 11.6 Å². The molecule has 1 N–H and O–H groups in total. The first-order valence-corrected chi connectivity index (χ1v) is 7.78. The average molecular weight is 340 g/mol. The van der Waals surface area contributed by atoms with Gasteiger partial charge in [-0.3, -0.25) is 4.79 Å². The summed E-state index contributed by atoms with van der Waals surface area (Å²) in [6.07, 6.45) is 0.772. The van der Waals surface area contributed by atoms with Gasteiger partial charge in [0.1, 0.15) is 11.0 Å². The topological polar surface area (TPSA) is 58.4 Å². The highest BCUT2D eigenvalue weighted by molar-refractivity contribution is 6.33. The standard InChI is InChI=1S/C16H19ClFN3O2/c1-3-8-20(9-10-22)16(23)14-11(2)19-21(15(14)17)13-6-4-12(18)5-7-13/h4-7,22H,3,8-10H2,1-2H3. The van der Waals surface area contributed by atoms with Gasteiger partial charge in [0.2, 0.25) is 0 Å². The number of hydrogen-bond donors (Lipinski definition) is 1. The highest BCUT2D eigenvalue weighted by Crippen LogP contribution is 2.25. The second kappa shape index (κ2) is 7.57. The van der Waals surface area contributed by atoms with E-state index in [2.05, 4.69) is 5.10 Å². The lowest BCUT2D eigenvalue weighted by molar-refractivity contribution is 0.0721. The van der Waals surface area contributed by atoms with Gasteiger partial charge < -0.3 is 10.0 Å². The average Bonchev–Trinajstić information content (AvgIpc) is 2.82. The van der Waals surface area contributed by atoms with Gasteiger partial charge in [0.15, 0.2) is 0 Å². The van der Waals surface area contributed by atoms with Crippen LogP contribution in [0.3, 0.4) is 0 Å². The van der Waals surface area contributed by atoms with E-state index in [1.54, 1.807) is 24.0 Å².